The van der Waals surface area contributed by atoms with E-state index in [0.717, 1.165) is 12.8 Å². The Bertz CT molecular complexity index is 408. The fraction of sp³-hybridized carbons (Fsp3) is 1.00. The minimum absolute atomic E-state index is 0.333. The summed E-state index contributed by atoms with van der Waals surface area (Å²) in [4.78, 5) is 4.92. The number of sulfonamides is 1. The molecule has 2 fully saturated rings. The number of hydrogen-bond donors (Lipinski definition) is 1. The molecule has 2 aliphatic heterocycles. The minimum Gasteiger partial charge on any atom is -0.305 e. The van der Waals surface area contributed by atoms with Crippen molar-refractivity contribution in [2.24, 2.45) is 5.41 Å². The van der Waals surface area contributed by atoms with Crippen molar-refractivity contribution in [3.05, 3.63) is 0 Å². The first kappa shape index (κ1) is 16.2. The van der Waals surface area contributed by atoms with Crippen molar-refractivity contribution in [3.63, 3.8) is 0 Å². The first-order valence-electron chi connectivity index (χ1n) is 7.72. The van der Waals surface area contributed by atoms with Crippen LogP contribution < -0.4 is 4.72 Å². The molecule has 0 bridgehead atoms. The Morgan fingerprint density at radius 3 is 2.30 bits per heavy atom. The molecule has 5 nitrogen and oxygen atoms in total. The lowest BCUT2D eigenvalue weighted by Crippen LogP contribution is -2.71. The molecule has 0 amide bonds. The number of likely N-dealkylation sites (tertiary alicyclic amines) is 2. The summed E-state index contributed by atoms with van der Waals surface area (Å²) in [5.74, 6) is 0. The topological polar surface area (TPSA) is 52.7 Å². The second kappa shape index (κ2) is 6.30. The number of rotatable bonds is 8. The largest absolute Gasteiger partial charge is 0.305 e. The first-order valence-corrected chi connectivity index (χ1v) is 9.27. The summed E-state index contributed by atoms with van der Waals surface area (Å²) in [5, 5.41) is -0.333. The molecular weight excluding hydrogens is 274 g/mol. The van der Waals surface area contributed by atoms with Gasteiger partial charge in [-0.3, -0.25) is 0 Å². The van der Waals surface area contributed by atoms with E-state index in [9.17, 15) is 8.42 Å². The molecule has 0 radical (unpaired) electrons. The molecule has 2 saturated heterocycles. The number of unbranched alkanes of at least 4 members (excludes halogenated alkanes) is 2. The van der Waals surface area contributed by atoms with Crippen LogP contribution in [0.15, 0.2) is 0 Å². The van der Waals surface area contributed by atoms with Gasteiger partial charge in [0.2, 0.25) is 10.0 Å². The molecule has 0 aliphatic carbocycles. The van der Waals surface area contributed by atoms with Gasteiger partial charge in [-0.2, -0.15) is 0 Å². The van der Waals surface area contributed by atoms with Crippen LogP contribution in [0.25, 0.3) is 0 Å². The summed E-state index contributed by atoms with van der Waals surface area (Å²) in [6.45, 7) is 10.2. The van der Waals surface area contributed by atoms with Gasteiger partial charge in [-0.15, -0.1) is 0 Å². The fourth-order valence-corrected chi connectivity index (χ4v) is 4.14. The predicted molar refractivity (Wildman–Crippen MR) is 82.3 cm³/mol. The van der Waals surface area contributed by atoms with Crippen molar-refractivity contribution in [3.8, 4) is 0 Å². The van der Waals surface area contributed by atoms with Crippen LogP contribution in [-0.4, -0.2) is 69.8 Å². The Morgan fingerprint density at radius 2 is 1.75 bits per heavy atom. The third kappa shape index (κ3) is 3.93. The lowest BCUT2D eigenvalue weighted by molar-refractivity contribution is -0.104. The Morgan fingerprint density at radius 1 is 1.10 bits per heavy atom. The SMILES string of the molecule is CC(C)S(=O)(=O)NCCCCCN1CC2(CN(C)C2)C1. The fourth-order valence-electron chi connectivity index (χ4n) is 3.38. The molecule has 20 heavy (non-hydrogen) atoms. The van der Waals surface area contributed by atoms with E-state index in [1.54, 1.807) is 13.8 Å². The van der Waals surface area contributed by atoms with E-state index in [1.165, 1.54) is 39.1 Å². The lowest BCUT2D eigenvalue weighted by Gasteiger charge is -2.59. The van der Waals surface area contributed by atoms with Gasteiger partial charge in [-0.05, 0) is 40.3 Å². The standard InChI is InChI=1S/C14H29N3O2S/c1-13(2)20(18,19)15-7-5-4-6-8-17-11-14(12-17)9-16(3)10-14/h13,15H,4-12H2,1-3H3. The zero-order chi connectivity index (χ0) is 14.8. The molecule has 0 aromatic heterocycles. The smallest absolute Gasteiger partial charge is 0.213 e. The van der Waals surface area contributed by atoms with Crippen molar-refractivity contribution in [1.29, 1.82) is 0 Å². The van der Waals surface area contributed by atoms with E-state index >= 15 is 0 Å². The zero-order valence-electron chi connectivity index (χ0n) is 13.1. The van der Waals surface area contributed by atoms with Crippen LogP contribution >= 0.6 is 0 Å². The highest BCUT2D eigenvalue weighted by atomic mass is 32.2. The molecule has 6 heteroatoms. The second-order valence-electron chi connectivity index (χ2n) is 6.93. The molecule has 0 saturated carbocycles. The average molecular weight is 303 g/mol. The highest BCUT2D eigenvalue weighted by Crippen LogP contribution is 2.38. The molecule has 2 rings (SSSR count). The van der Waals surface area contributed by atoms with Crippen LogP contribution in [0, 0.1) is 5.41 Å². The van der Waals surface area contributed by atoms with Gasteiger partial charge in [0.25, 0.3) is 0 Å². The maximum atomic E-state index is 11.5. The zero-order valence-corrected chi connectivity index (χ0v) is 13.9. The van der Waals surface area contributed by atoms with Crippen molar-refractivity contribution in [2.45, 2.75) is 38.4 Å². The van der Waals surface area contributed by atoms with Gasteiger partial charge < -0.3 is 9.80 Å². The van der Waals surface area contributed by atoms with Crippen molar-refractivity contribution in [1.82, 2.24) is 14.5 Å². The summed E-state index contributed by atoms with van der Waals surface area (Å²) >= 11 is 0. The molecule has 1 N–H and O–H groups in total. The van der Waals surface area contributed by atoms with Crippen LogP contribution in [0.1, 0.15) is 33.1 Å². The second-order valence-corrected chi connectivity index (χ2v) is 9.25. The summed E-state index contributed by atoms with van der Waals surface area (Å²) < 4.78 is 25.7. The number of nitrogens with zero attached hydrogens (tertiary/aromatic N) is 2. The molecule has 0 aromatic carbocycles. The van der Waals surface area contributed by atoms with Gasteiger partial charge in [0.1, 0.15) is 0 Å². The summed E-state index contributed by atoms with van der Waals surface area (Å²) in [6, 6.07) is 0. The van der Waals surface area contributed by atoms with Crippen molar-refractivity contribution < 1.29 is 8.42 Å². The van der Waals surface area contributed by atoms with Crippen molar-refractivity contribution >= 4 is 10.0 Å². The van der Waals surface area contributed by atoms with E-state index in [2.05, 4.69) is 21.6 Å². The van der Waals surface area contributed by atoms with Crippen LogP contribution in [0.4, 0.5) is 0 Å². The number of nitrogens with one attached hydrogen (secondary N) is 1. The van der Waals surface area contributed by atoms with Gasteiger partial charge in [-0.1, -0.05) is 6.42 Å². The Labute approximate surface area is 123 Å². The summed E-state index contributed by atoms with van der Waals surface area (Å²) in [7, 11) is -0.890. The molecule has 2 heterocycles. The maximum absolute atomic E-state index is 11.5. The Kier molecular flexibility index (Phi) is 5.10. The van der Waals surface area contributed by atoms with Crippen LogP contribution in [0.3, 0.4) is 0 Å². The van der Waals surface area contributed by atoms with Gasteiger partial charge >= 0.3 is 0 Å². The lowest BCUT2D eigenvalue weighted by atomic mass is 9.73. The third-order valence-electron chi connectivity index (χ3n) is 4.40. The Hall–Kier alpha value is -0.170. The van der Waals surface area contributed by atoms with Gasteiger partial charge in [0.05, 0.1) is 5.25 Å². The Balaban J connectivity index is 1.45. The third-order valence-corrected chi connectivity index (χ3v) is 6.25. The molecule has 0 atom stereocenters. The maximum Gasteiger partial charge on any atom is 0.213 e. The van der Waals surface area contributed by atoms with E-state index in [-0.39, 0.29) is 5.25 Å². The van der Waals surface area contributed by atoms with E-state index in [4.69, 9.17) is 0 Å². The summed E-state index contributed by atoms with van der Waals surface area (Å²) in [6.07, 6.45) is 3.22. The normalized spacial score (nSPS) is 23.0. The van der Waals surface area contributed by atoms with E-state index in [1.807, 2.05) is 0 Å². The van der Waals surface area contributed by atoms with Gasteiger partial charge in [0, 0.05) is 38.1 Å². The minimum atomic E-state index is -3.08. The predicted octanol–water partition coefficient (Wildman–Crippen LogP) is 0.732. The average Bonchev–Trinajstić information content (AvgIpc) is 2.27. The van der Waals surface area contributed by atoms with Gasteiger partial charge in [0.15, 0.2) is 0 Å². The molecule has 1 spiro atoms. The van der Waals surface area contributed by atoms with Crippen LogP contribution in [0.5, 0.6) is 0 Å². The van der Waals surface area contributed by atoms with E-state index < -0.39 is 10.0 Å². The quantitative estimate of drug-likeness (QED) is 0.672. The highest BCUT2D eigenvalue weighted by molar-refractivity contribution is 7.90. The molecular formula is C14H29N3O2S. The van der Waals surface area contributed by atoms with Crippen LogP contribution in [-0.2, 0) is 10.0 Å². The monoisotopic (exact) mass is 303 g/mol. The first-order chi connectivity index (χ1) is 9.33. The van der Waals surface area contributed by atoms with Gasteiger partial charge in [-0.25, -0.2) is 13.1 Å². The van der Waals surface area contributed by atoms with E-state index in [0.29, 0.717) is 12.0 Å². The molecule has 118 valence electrons. The van der Waals surface area contributed by atoms with Crippen LogP contribution in [0.2, 0.25) is 0 Å². The highest BCUT2D eigenvalue weighted by Gasteiger charge is 2.49. The number of hydrogen-bond acceptors (Lipinski definition) is 4. The molecule has 0 aromatic rings. The molecule has 2 aliphatic rings. The van der Waals surface area contributed by atoms with Crippen molar-refractivity contribution in [2.75, 3.05) is 46.3 Å². The summed E-state index contributed by atoms with van der Waals surface area (Å²) in [5.41, 5.74) is 0.627. The molecule has 0 unspecified atom stereocenters.